The minimum atomic E-state index is -3.71. The SMILES string of the molecule is NS(=O)(=O)c1ccc(CCC[O])c(Cl)c1. The maximum absolute atomic E-state index is 11.0. The molecule has 1 aromatic carbocycles. The number of primary sulfonamides is 1. The van der Waals surface area contributed by atoms with E-state index in [0.29, 0.717) is 17.9 Å². The topological polar surface area (TPSA) is 80.1 Å². The predicted molar refractivity (Wildman–Crippen MR) is 56.7 cm³/mol. The van der Waals surface area contributed by atoms with Crippen LogP contribution >= 0.6 is 11.6 Å². The van der Waals surface area contributed by atoms with Crippen molar-refractivity contribution in [3.63, 3.8) is 0 Å². The molecule has 15 heavy (non-hydrogen) atoms. The van der Waals surface area contributed by atoms with E-state index >= 15 is 0 Å². The van der Waals surface area contributed by atoms with Crippen LogP contribution in [0.4, 0.5) is 0 Å². The Balaban J connectivity index is 2.99. The van der Waals surface area contributed by atoms with Gasteiger partial charge in [0.1, 0.15) is 0 Å². The standard InChI is InChI=1S/C9H11ClNO3S/c10-9-6-8(15(11,13)14)4-3-7(9)2-1-5-12/h3-4,6H,1-2,5H2,(H2,11,13,14). The van der Waals surface area contributed by atoms with E-state index in [1.54, 1.807) is 6.07 Å². The quantitative estimate of drug-likeness (QED) is 0.873. The van der Waals surface area contributed by atoms with Crippen LogP contribution < -0.4 is 5.14 Å². The van der Waals surface area contributed by atoms with Crippen LogP contribution in [0.25, 0.3) is 0 Å². The lowest BCUT2D eigenvalue weighted by molar-refractivity contribution is 0.189. The van der Waals surface area contributed by atoms with Gasteiger partial charge in [0.05, 0.1) is 11.5 Å². The molecular formula is C9H11ClNO3S. The highest BCUT2D eigenvalue weighted by Gasteiger charge is 2.10. The molecular weight excluding hydrogens is 238 g/mol. The van der Waals surface area contributed by atoms with E-state index < -0.39 is 10.0 Å². The zero-order valence-corrected chi connectivity index (χ0v) is 9.51. The van der Waals surface area contributed by atoms with Crippen LogP contribution in [0.3, 0.4) is 0 Å². The third-order valence-electron chi connectivity index (χ3n) is 1.94. The molecule has 4 nitrogen and oxygen atoms in total. The third kappa shape index (κ3) is 3.46. The molecule has 0 spiro atoms. The fraction of sp³-hybridized carbons (Fsp3) is 0.333. The average Bonchev–Trinajstić information content (AvgIpc) is 2.14. The summed E-state index contributed by atoms with van der Waals surface area (Å²) in [7, 11) is -3.71. The number of rotatable bonds is 4. The molecule has 2 N–H and O–H groups in total. The molecule has 0 atom stereocenters. The summed E-state index contributed by atoms with van der Waals surface area (Å²) in [6, 6.07) is 4.27. The first-order chi connectivity index (χ1) is 6.95. The summed E-state index contributed by atoms with van der Waals surface area (Å²) in [4.78, 5) is -0.0154. The van der Waals surface area contributed by atoms with Gasteiger partial charge in [0.15, 0.2) is 0 Å². The molecule has 83 valence electrons. The van der Waals surface area contributed by atoms with E-state index in [9.17, 15) is 13.5 Å². The number of benzene rings is 1. The van der Waals surface area contributed by atoms with E-state index in [1.807, 2.05) is 0 Å². The summed E-state index contributed by atoms with van der Waals surface area (Å²) in [6.45, 7) is -0.173. The second-order valence-corrected chi connectivity index (χ2v) is 5.07. The fourth-order valence-corrected chi connectivity index (χ4v) is 2.05. The van der Waals surface area contributed by atoms with Crippen molar-refractivity contribution in [2.75, 3.05) is 6.61 Å². The second kappa shape index (κ2) is 4.94. The Morgan fingerprint density at radius 3 is 2.47 bits per heavy atom. The first-order valence-electron chi connectivity index (χ1n) is 4.34. The molecule has 0 amide bonds. The first kappa shape index (κ1) is 12.4. The molecule has 0 unspecified atom stereocenters. The van der Waals surface area contributed by atoms with Crippen LogP contribution in [0.1, 0.15) is 12.0 Å². The highest BCUT2D eigenvalue weighted by Crippen LogP contribution is 2.21. The van der Waals surface area contributed by atoms with Crippen molar-refractivity contribution in [2.45, 2.75) is 17.7 Å². The molecule has 1 aromatic rings. The summed E-state index contributed by atoms with van der Waals surface area (Å²) in [5.74, 6) is 0. The van der Waals surface area contributed by atoms with Crippen molar-refractivity contribution < 1.29 is 13.5 Å². The van der Waals surface area contributed by atoms with Crippen LogP contribution in [-0.2, 0) is 21.6 Å². The van der Waals surface area contributed by atoms with Gasteiger partial charge in [-0.1, -0.05) is 17.7 Å². The highest BCUT2D eigenvalue weighted by molar-refractivity contribution is 7.89. The molecule has 0 saturated heterocycles. The van der Waals surface area contributed by atoms with E-state index in [2.05, 4.69) is 0 Å². The summed E-state index contributed by atoms with van der Waals surface area (Å²) in [6.07, 6.45) is 1.03. The molecule has 0 saturated carbocycles. The van der Waals surface area contributed by atoms with Gasteiger partial charge >= 0.3 is 0 Å². The number of hydrogen-bond donors (Lipinski definition) is 1. The summed E-state index contributed by atoms with van der Waals surface area (Å²) < 4.78 is 22.0. The number of sulfonamides is 1. The molecule has 0 aliphatic carbocycles. The van der Waals surface area contributed by atoms with Crippen LogP contribution in [0, 0.1) is 0 Å². The van der Waals surface area contributed by atoms with Crippen molar-refractivity contribution in [3.8, 4) is 0 Å². The van der Waals surface area contributed by atoms with E-state index in [-0.39, 0.29) is 11.5 Å². The Morgan fingerprint density at radius 2 is 2.00 bits per heavy atom. The highest BCUT2D eigenvalue weighted by atomic mass is 35.5. The van der Waals surface area contributed by atoms with Crippen LogP contribution in [-0.4, -0.2) is 15.0 Å². The monoisotopic (exact) mass is 248 g/mol. The summed E-state index contributed by atoms with van der Waals surface area (Å²) >= 11 is 5.85. The maximum atomic E-state index is 11.0. The zero-order chi connectivity index (χ0) is 11.5. The van der Waals surface area contributed by atoms with Gasteiger partial charge in [-0.05, 0) is 30.5 Å². The van der Waals surface area contributed by atoms with Gasteiger partial charge in [-0.15, -0.1) is 0 Å². The Kier molecular flexibility index (Phi) is 4.10. The number of aryl methyl sites for hydroxylation is 1. The lowest BCUT2D eigenvalue weighted by atomic mass is 10.1. The lowest BCUT2D eigenvalue weighted by Gasteiger charge is -2.04. The molecule has 0 heterocycles. The third-order valence-corrected chi connectivity index (χ3v) is 3.21. The molecule has 6 heteroatoms. The summed E-state index contributed by atoms with van der Waals surface area (Å²) in [5, 5.41) is 15.5. The summed E-state index contributed by atoms with van der Waals surface area (Å²) in [5.41, 5.74) is 0.764. The van der Waals surface area contributed by atoms with Crippen molar-refractivity contribution in [1.82, 2.24) is 0 Å². The van der Waals surface area contributed by atoms with Crippen molar-refractivity contribution in [1.29, 1.82) is 0 Å². The smallest absolute Gasteiger partial charge is 0.237 e. The number of nitrogens with two attached hydrogens (primary N) is 1. The van der Waals surface area contributed by atoms with Gasteiger partial charge in [-0.2, -0.15) is 0 Å². The first-order valence-corrected chi connectivity index (χ1v) is 6.27. The number of hydrogen-bond acceptors (Lipinski definition) is 2. The lowest BCUT2D eigenvalue weighted by Crippen LogP contribution is -2.12. The van der Waals surface area contributed by atoms with Crippen LogP contribution in [0.15, 0.2) is 23.1 Å². The average molecular weight is 249 g/mol. The Bertz CT molecular complexity index is 445. The maximum Gasteiger partial charge on any atom is 0.238 e. The normalized spacial score (nSPS) is 11.7. The van der Waals surface area contributed by atoms with Gasteiger partial charge in [-0.3, -0.25) is 0 Å². The molecule has 0 aromatic heterocycles. The van der Waals surface area contributed by atoms with Crippen LogP contribution in [0.2, 0.25) is 5.02 Å². The number of halogens is 1. The Morgan fingerprint density at radius 1 is 1.33 bits per heavy atom. The minimum absolute atomic E-state index is 0.0154. The van der Waals surface area contributed by atoms with Crippen molar-refractivity contribution in [3.05, 3.63) is 28.8 Å². The van der Waals surface area contributed by atoms with Crippen molar-refractivity contribution in [2.24, 2.45) is 5.14 Å². The van der Waals surface area contributed by atoms with Crippen LogP contribution in [0.5, 0.6) is 0 Å². The van der Waals surface area contributed by atoms with Gasteiger partial charge < -0.3 is 0 Å². The van der Waals surface area contributed by atoms with E-state index in [1.165, 1.54) is 12.1 Å². The van der Waals surface area contributed by atoms with E-state index in [4.69, 9.17) is 16.7 Å². The molecule has 1 rings (SSSR count). The van der Waals surface area contributed by atoms with E-state index in [0.717, 1.165) is 5.56 Å². The van der Waals surface area contributed by atoms with Gasteiger partial charge in [0.2, 0.25) is 10.0 Å². The molecule has 0 bridgehead atoms. The van der Waals surface area contributed by atoms with Gasteiger partial charge in [-0.25, -0.2) is 18.7 Å². The molecule has 0 fully saturated rings. The predicted octanol–water partition coefficient (Wildman–Crippen LogP) is 1.35. The largest absolute Gasteiger partial charge is 0.238 e. The van der Waals surface area contributed by atoms with Gasteiger partial charge in [0.25, 0.3) is 0 Å². The molecule has 0 aliphatic heterocycles. The fourth-order valence-electron chi connectivity index (χ4n) is 1.17. The van der Waals surface area contributed by atoms with Gasteiger partial charge in [0, 0.05) is 5.02 Å². The second-order valence-electron chi connectivity index (χ2n) is 3.11. The molecule has 0 aliphatic rings. The van der Waals surface area contributed by atoms with Crippen molar-refractivity contribution >= 4 is 21.6 Å². The zero-order valence-electron chi connectivity index (χ0n) is 7.94. The Labute approximate surface area is 93.7 Å². The minimum Gasteiger partial charge on any atom is -0.237 e. The Hall–Kier alpha value is -0.620. The molecule has 1 radical (unpaired) electrons.